The number of amides is 1. The third kappa shape index (κ3) is 11.3. The van der Waals surface area contributed by atoms with Gasteiger partial charge in [0.25, 0.3) is 0 Å². The first-order valence-electron chi connectivity index (χ1n) is 13.2. The van der Waals surface area contributed by atoms with Crippen molar-refractivity contribution in [3.63, 3.8) is 0 Å². The maximum absolute atomic E-state index is 12.3. The Bertz CT molecular complexity index is 1070. The van der Waals surface area contributed by atoms with E-state index in [9.17, 15) is 33.6 Å². The molecule has 0 aromatic heterocycles. The zero-order chi connectivity index (χ0) is 32.4. The minimum Gasteiger partial charge on any atom is -0.463 e. The molecule has 43 heavy (non-hydrogen) atoms. The van der Waals surface area contributed by atoms with Crippen molar-refractivity contribution in [1.82, 2.24) is 5.32 Å². The highest BCUT2D eigenvalue weighted by molar-refractivity contribution is 8.00. The predicted octanol–water partition coefficient (Wildman–Crippen LogP) is -0.430. The Balaban J connectivity index is 2.53. The number of ether oxygens (including phenoxy) is 8. The summed E-state index contributed by atoms with van der Waals surface area (Å²) in [4.78, 5) is 83.6. The Labute approximate surface area is 252 Å². The SMILES string of the molecule is CC(=O)N[C@@H]1[C@@H](OC(C)=O)[C@H](OC(C)=O)[C@@H](COC(C)=O)O[C@H]1S[C@H]1CO[C@H](COC(C)=O)[C@@H](OC(C)=O)[C@@H]1OC(C)=O. The first kappa shape index (κ1) is 35.8. The lowest BCUT2D eigenvalue weighted by Crippen LogP contribution is -2.66. The number of rotatable bonds is 11. The van der Waals surface area contributed by atoms with Crippen LogP contribution in [0.5, 0.6) is 0 Å². The molecule has 0 bridgehead atoms. The van der Waals surface area contributed by atoms with Gasteiger partial charge in [0.15, 0.2) is 24.4 Å². The van der Waals surface area contributed by atoms with E-state index in [0.29, 0.717) is 0 Å². The van der Waals surface area contributed by atoms with Crippen molar-refractivity contribution >= 4 is 53.5 Å². The molecule has 0 unspecified atom stereocenters. The smallest absolute Gasteiger partial charge is 0.303 e. The molecule has 0 radical (unpaired) electrons. The van der Waals surface area contributed by atoms with Gasteiger partial charge in [0.1, 0.15) is 36.9 Å². The second-order valence-electron chi connectivity index (χ2n) is 9.72. The molecule has 0 spiro atoms. The van der Waals surface area contributed by atoms with Crippen LogP contribution in [0.1, 0.15) is 48.5 Å². The van der Waals surface area contributed by atoms with Crippen LogP contribution in [0.15, 0.2) is 0 Å². The number of thioether (sulfide) groups is 1. The van der Waals surface area contributed by atoms with Crippen molar-refractivity contribution in [2.45, 2.75) is 102 Å². The van der Waals surface area contributed by atoms with Gasteiger partial charge in [-0.1, -0.05) is 0 Å². The van der Waals surface area contributed by atoms with Crippen LogP contribution in [0.3, 0.4) is 0 Å². The van der Waals surface area contributed by atoms with Crippen molar-refractivity contribution in [1.29, 1.82) is 0 Å². The zero-order valence-electron chi connectivity index (χ0n) is 24.8. The summed E-state index contributed by atoms with van der Waals surface area (Å²) in [5.74, 6) is -4.80. The largest absolute Gasteiger partial charge is 0.463 e. The van der Waals surface area contributed by atoms with E-state index in [-0.39, 0.29) is 13.2 Å². The quantitative estimate of drug-likeness (QED) is 0.226. The fourth-order valence-corrected chi connectivity index (χ4v) is 6.00. The first-order valence-corrected chi connectivity index (χ1v) is 14.2. The average Bonchev–Trinajstić information content (AvgIpc) is 2.86. The van der Waals surface area contributed by atoms with Crippen LogP contribution in [0.25, 0.3) is 0 Å². The summed E-state index contributed by atoms with van der Waals surface area (Å²) in [5.41, 5.74) is -1.12. The van der Waals surface area contributed by atoms with Crippen LogP contribution in [0, 0.1) is 0 Å². The molecule has 1 amide bonds. The molecule has 2 heterocycles. The molecule has 2 aliphatic rings. The molecule has 0 aliphatic carbocycles. The topological polar surface area (TPSA) is 205 Å². The lowest BCUT2D eigenvalue weighted by molar-refractivity contribution is -0.212. The molecule has 2 fully saturated rings. The normalized spacial score (nSPS) is 30.2. The molecule has 17 heteroatoms. The molecule has 2 rings (SSSR count). The van der Waals surface area contributed by atoms with Crippen molar-refractivity contribution in [3.8, 4) is 0 Å². The first-order chi connectivity index (χ1) is 20.1. The Morgan fingerprint density at radius 3 is 1.53 bits per heavy atom. The number of carbonyl (C=O) groups is 7. The number of esters is 6. The lowest BCUT2D eigenvalue weighted by Gasteiger charge is -2.47. The monoisotopic (exact) mass is 635 g/mol. The van der Waals surface area contributed by atoms with Gasteiger partial charge in [-0.05, 0) is 0 Å². The van der Waals surface area contributed by atoms with Gasteiger partial charge in [-0.25, -0.2) is 0 Å². The van der Waals surface area contributed by atoms with Crippen molar-refractivity contribution in [2.75, 3.05) is 19.8 Å². The van der Waals surface area contributed by atoms with Crippen molar-refractivity contribution in [2.24, 2.45) is 0 Å². The zero-order valence-corrected chi connectivity index (χ0v) is 25.7. The van der Waals surface area contributed by atoms with Crippen LogP contribution in [-0.2, 0) is 71.5 Å². The molecule has 0 aromatic rings. The van der Waals surface area contributed by atoms with E-state index in [1.165, 1.54) is 13.8 Å². The number of hydrogen-bond donors (Lipinski definition) is 1. The lowest BCUT2D eigenvalue weighted by atomic mass is 9.97. The molecule has 0 saturated carbocycles. The van der Waals surface area contributed by atoms with E-state index in [1.807, 2.05) is 0 Å². The summed E-state index contributed by atoms with van der Waals surface area (Å²) in [6, 6.07) is -1.15. The maximum atomic E-state index is 12.3. The summed E-state index contributed by atoms with van der Waals surface area (Å²) >= 11 is 0.978. The highest BCUT2D eigenvalue weighted by Crippen LogP contribution is 2.39. The van der Waals surface area contributed by atoms with E-state index in [1.54, 1.807) is 0 Å². The van der Waals surface area contributed by atoms with Gasteiger partial charge in [-0.15, -0.1) is 11.8 Å². The maximum Gasteiger partial charge on any atom is 0.303 e. The van der Waals surface area contributed by atoms with Gasteiger partial charge in [-0.2, -0.15) is 0 Å². The summed E-state index contributed by atoms with van der Waals surface area (Å²) in [6.07, 6.45) is -7.15. The van der Waals surface area contributed by atoms with E-state index in [4.69, 9.17) is 37.9 Å². The highest BCUT2D eigenvalue weighted by atomic mass is 32.2. The summed E-state index contributed by atoms with van der Waals surface area (Å²) < 4.78 is 44.1. The molecular formula is C26H37NO15S. The molecule has 242 valence electrons. The fraction of sp³-hybridized carbons (Fsp3) is 0.731. The van der Waals surface area contributed by atoms with Gasteiger partial charge < -0.3 is 43.2 Å². The van der Waals surface area contributed by atoms with E-state index in [0.717, 1.165) is 46.4 Å². The summed E-state index contributed by atoms with van der Waals surface area (Å²) in [5, 5.41) is 1.82. The van der Waals surface area contributed by atoms with Crippen LogP contribution >= 0.6 is 11.8 Å². The Morgan fingerprint density at radius 2 is 1.07 bits per heavy atom. The molecule has 2 saturated heterocycles. The number of nitrogens with one attached hydrogen (secondary N) is 1. The third-order valence-electron chi connectivity index (χ3n) is 5.97. The fourth-order valence-electron chi connectivity index (χ4n) is 4.54. The third-order valence-corrected chi connectivity index (χ3v) is 7.39. The van der Waals surface area contributed by atoms with Gasteiger partial charge in [-0.3, -0.25) is 33.6 Å². The predicted molar refractivity (Wildman–Crippen MR) is 143 cm³/mol. The van der Waals surface area contributed by atoms with Gasteiger partial charge >= 0.3 is 35.8 Å². The molecule has 9 atom stereocenters. The van der Waals surface area contributed by atoms with Crippen molar-refractivity contribution in [3.05, 3.63) is 0 Å². The Hall–Kier alpha value is -3.44. The summed E-state index contributed by atoms with van der Waals surface area (Å²) in [6.45, 7) is 7.21. The minimum absolute atomic E-state index is 0.140. The second-order valence-corrected chi connectivity index (χ2v) is 11.1. The van der Waals surface area contributed by atoms with Crippen molar-refractivity contribution < 1.29 is 71.5 Å². The van der Waals surface area contributed by atoms with Crippen LogP contribution in [0.2, 0.25) is 0 Å². The average molecular weight is 636 g/mol. The van der Waals surface area contributed by atoms with Gasteiger partial charge in [0.05, 0.1) is 11.9 Å². The van der Waals surface area contributed by atoms with E-state index in [2.05, 4.69) is 5.32 Å². The van der Waals surface area contributed by atoms with Crippen LogP contribution in [-0.4, -0.2) is 115 Å². The molecule has 1 N–H and O–H groups in total. The van der Waals surface area contributed by atoms with E-state index < -0.39 is 102 Å². The molecule has 16 nitrogen and oxygen atoms in total. The standard InChI is InChI=1S/C26H37NO15S/c1-11(28)27-21-25(41-17(7)34)23(39-15(5)32)19(9-36-13(3)30)42-26(21)43-20-10-37-18(8-35-12(2)29)22(38-14(4)31)24(20)40-16(6)33/h18-26H,8-10H2,1-7H3,(H,27,28)/t18-,19-,20+,21-,22-,23-,24-,25-,26+/m1/s1. The van der Waals surface area contributed by atoms with Crippen LogP contribution in [0.4, 0.5) is 0 Å². The Kier molecular flexibility index (Phi) is 13.7. The number of hydrogen-bond acceptors (Lipinski definition) is 16. The van der Waals surface area contributed by atoms with Gasteiger partial charge in [0, 0.05) is 48.5 Å². The molecular weight excluding hydrogens is 598 g/mol. The summed E-state index contributed by atoms with van der Waals surface area (Å²) in [7, 11) is 0. The van der Waals surface area contributed by atoms with Crippen LogP contribution < -0.4 is 5.32 Å². The highest BCUT2D eigenvalue weighted by Gasteiger charge is 2.54. The Morgan fingerprint density at radius 1 is 0.628 bits per heavy atom. The van der Waals surface area contributed by atoms with E-state index >= 15 is 0 Å². The molecule has 2 aliphatic heterocycles. The van der Waals surface area contributed by atoms with Gasteiger partial charge in [0.2, 0.25) is 5.91 Å². The minimum atomic E-state index is -1.31. The number of carbonyl (C=O) groups excluding carboxylic acids is 7. The molecule has 0 aromatic carbocycles. The second kappa shape index (κ2) is 16.4.